The van der Waals surface area contributed by atoms with Crippen LogP contribution in [0.2, 0.25) is 0 Å². The zero-order chi connectivity index (χ0) is 17.9. The molecule has 3 rings (SSSR count). The van der Waals surface area contributed by atoms with Crippen molar-refractivity contribution in [2.75, 3.05) is 19.7 Å². The zero-order valence-electron chi connectivity index (χ0n) is 13.8. The molecule has 0 radical (unpaired) electrons. The largest absolute Gasteiger partial charge is 0.379 e. The first-order valence-corrected chi connectivity index (χ1v) is 9.42. The van der Waals surface area contributed by atoms with Crippen molar-refractivity contribution in [2.24, 2.45) is 0 Å². The Hall–Kier alpha value is -2.38. The summed E-state index contributed by atoms with van der Waals surface area (Å²) in [5.74, 6) is 0.0996. The van der Waals surface area contributed by atoms with Crippen molar-refractivity contribution in [3.05, 3.63) is 60.2 Å². The summed E-state index contributed by atoms with van der Waals surface area (Å²) in [6, 6.07) is 14.3. The van der Waals surface area contributed by atoms with Crippen LogP contribution in [-0.4, -0.2) is 38.9 Å². The first-order chi connectivity index (χ1) is 12.0. The van der Waals surface area contributed by atoms with E-state index in [1.807, 2.05) is 6.92 Å². The van der Waals surface area contributed by atoms with Gasteiger partial charge in [0.05, 0.1) is 6.61 Å². The summed E-state index contributed by atoms with van der Waals surface area (Å²) in [6.45, 7) is 3.62. The molecule has 1 unspecified atom stereocenters. The Labute approximate surface area is 147 Å². The van der Waals surface area contributed by atoms with Crippen LogP contribution in [0.1, 0.15) is 18.6 Å². The summed E-state index contributed by atoms with van der Waals surface area (Å²) in [7, 11) is -3.88. The van der Waals surface area contributed by atoms with E-state index >= 15 is 0 Å². The molecule has 1 saturated heterocycles. The molecule has 1 atom stereocenters. The maximum absolute atomic E-state index is 12.3. The predicted molar refractivity (Wildman–Crippen MR) is 91.6 cm³/mol. The molecule has 2 aromatic carbocycles. The lowest BCUT2D eigenvalue weighted by Gasteiger charge is -2.31. The number of morpholine rings is 1. The highest BCUT2D eigenvalue weighted by Crippen LogP contribution is 2.26. The number of ether oxygens (including phenoxy) is 1. The third kappa shape index (κ3) is 3.83. The minimum atomic E-state index is -3.88. The van der Waals surface area contributed by atoms with E-state index in [1.165, 1.54) is 24.3 Å². The first kappa shape index (κ1) is 17.4. The number of amides is 1. The molecule has 1 aliphatic heterocycles. The fraction of sp³-hybridized carbons (Fsp3) is 0.278. The molecule has 25 heavy (non-hydrogen) atoms. The topological polar surface area (TPSA) is 72.9 Å². The number of carbonyl (C=O) groups excluding carboxylic acids is 1. The van der Waals surface area contributed by atoms with Gasteiger partial charge in [-0.25, -0.2) is 0 Å². The minimum Gasteiger partial charge on any atom is -0.379 e. The van der Waals surface area contributed by atoms with Gasteiger partial charge in [0.1, 0.15) is 10.6 Å². The Morgan fingerprint density at radius 2 is 1.80 bits per heavy atom. The highest BCUT2D eigenvalue weighted by Gasteiger charge is 2.30. The third-order valence-corrected chi connectivity index (χ3v) is 5.25. The van der Waals surface area contributed by atoms with Gasteiger partial charge in [-0.3, -0.25) is 4.79 Å². The molecule has 1 fully saturated rings. The van der Waals surface area contributed by atoms with E-state index in [0.717, 1.165) is 0 Å². The number of hydrogen-bond donors (Lipinski definition) is 0. The third-order valence-electron chi connectivity index (χ3n) is 3.98. The highest BCUT2D eigenvalue weighted by molar-refractivity contribution is 7.87. The fourth-order valence-electron chi connectivity index (χ4n) is 2.64. The molecule has 7 heteroatoms. The SMILES string of the molecule is CCN1CCOC(c2ccc(OS(=O)(=O)c3ccccc3)cc2)C1=O. The molecular weight excluding hydrogens is 342 g/mol. The number of nitrogens with zero attached hydrogens (tertiary/aromatic N) is 1. The number of carbonyl (C=O) groups is 1. The average Bonchev–Trinajstić information content (AvgIpc) is 2.63. The normalized spacial score (nSPS) is 18.2. The van der Waals surface area contributed by atoms with Crippen LogP contribution in [0.3, 0.4) is 0 Å². The summed E-state index contributed by atoms with van der Waals surface area (Å²) in [6.07, 6.45) is -0.659. The van der Waals surface area contributed by atoms with Gasteiger partial charge in [0.25, 0.3) is 5.91 Å². The Kier molecular flexibility index (Phi) is 5.06. The molecule has 1 aliphatic rings. The molecule has 0 aromatic heterocycles. The van der Waals surface area contributed by atoms with E-state index in [2.05, 4.69) is 0 Å². The van der Waals surface area contributed by atoms with Crippen LogP contribution in [0.4, 0.5) is 0 Å². The van der Waals surface area contributed by atoms with E-state index in [1.54, 1.807) is 35.2 Å². The maximum Gasteiger partial charge on any atom is 0.339 e. The molecule has 1 heterocycles. The standard InChI is InChI=1S/C18H19NO5S/c1-2-19-12-13-23-17(18(19)20)14-8-10-15(11-9-14)24-25(21,22)16-6-4-3-5-7-16/h3-11,17H,2,12-13H2,1H3. The van der Waals surface area contributed by atoms with Crippen LogP contribution in [0, 0.1) is 0 Å². The van der Waals surface area contributed by atoms with Crippen molar-refractivity contribution < 1.29 is 22.1 Å². The lowest BCUT2D eigenvalue weighted by Crippen LogP contribution is -2.43. The van der Waals surface area contributed by atoms with Crippen molar-refractivity contribution in [3.63, 3.8) is 0 Å². The number of likely N-dealkylation sites (N-methyl/N-ethyl adjacent to an activating group) is 1. The Balaban J connectivity index is 1.76. The van der Waals surface area contributed by atoms with Gasteiger partial charge in [0, 0.05) is 13.1 Å². The Morgan fingerprint density at radius 3 is 2.44 bits per heavy atom. The Morgan fingerprint density at radius 1 is 1.12 bits per heavy atom. The van der Waals surface area contributed by atoms with Crippen LogP contribution in [0.25, 0.3) is 0 Å². The Bertz CT molecular complexity index is 834. The second-order valence-electron chi connectivity index (χ2n) is 5.59. The van der Waals surface area contributed by atoms with Gasteiger partial charge in [0.15, 0.2) is 6.10 Å². The van der Waals surface area contributed by atoms with Gasteiger partial charge >= 0.3 is 10.1 Å². The van der Waals surface area contributed by atoms with Crippen LogP contribution in [0.15, 0.2) is 59.5 Å². The van der Waals surface area contributed by atoms with Crippen molar-refractivity contribution >= 4 is 16.0 Å². The molecule has 2 aromatic rings. The van der Waals surface area contributed by atoms with E-state index in [0.29, 0.717) is 25.3 Å². The van der Waals surface area contributed by atoms with Gasteiger partial charge in [-0.05, 0) is 36.8 Å². The first-order valence-electron chi connectivity index (χ1n) is 8.01. The van der Waals surface area contributed by atoms with Gasteiger partial charge in [-0.1, -0.05) is 30.3 Å². The van der Waals surface area contributed by atoms with E-state index in [9.17, 15) is 13.2 Å². The van der Waals surface area contributed by atoms with Gasteiger partial charge in [-0.2, -0.15) is 8.42 Å². The molecule has 0 saturated carbocycles. The van der Waals surface area contributed by atoms with E-state index in [4.69, 9.17) is 8.92 Å². The van der Waals surface area contributed by atoms with Crippen molar-refractivity contribution in [3.8, 4) is 5.75 Å². The smallest absolute Gasteiger partial charge is 0.339 e. The lowest BCUT2D eigenvalue weighted by atomic mass is 10.1. The van der Waals surface area contributed by atoms with Gasteiger partial charge in [-0.15, -0.1) is 0 Å². The molecule has 0 N–H and O–H groups in total. The van der Waals surface area contributed by atoms with Crippen LogP contribution in [0.5, 0.6) is 5.75 Å². The minimum absolute atomic E-state index is 0.0840. The maximum atomic E-state index is 12.3. The second kappa shape index (κ2) is 7.25. The fourth-order valence-corrected chi connectivity index (χ4v) is 3.59. The molecular formula is C18H19NO5S. The van der Waals surface area contributed by atoms with E-state index in [-0.39, 0.29) is 16.6 Å². The number of benzene rings is 2. The summed E-state index contributed by atoms with van der Waals surface area (Å²) < 4.78 is 35.1. The zero-order valence-corrected chi connectivity index (χ0v) is 14.6. The number of hydrogen-bond acceptors (Lipinski definition) is 5. The lowest BCUT2D eigenvalue weighted by molar-refractivity contribution is -0.153. The molecule has 1 amide bonds. The molecule has 0 bridgehead atoms. The van der Waals surface area contributed by atoms with Crippen LogP contribution in [-0.2, 0) is 19.6 Å². The number of rotatable bonds is 5. The monoisotopic (exact) mass is 361 g/mol. The highest BCUT2D eigenvalue weighted by atomic mass is 32.2. The van der Waals surface area contributed by atoms with E-state index < -0.39 is 16.2 Å². The molecule has 0 aliphatic carbocycles. The van der Waals surface area contributed by atoms with Crippen molar-refractivity contribution in [1.82, 2.24) is 4.90 Å². The van der Waals surface area contributed by atoms with Gasteiger partial charge in [0.2, 0.25) is 0 Å². The average molecular weight is 361 g/mol. The summed E-state index contributed by atoms with van der Waals surface area (Å²) in [4.78, 5) is 14.2. The molecule has 0 spiro atoms. The second-order valence-corrected chi connectivity index (χ2v) is 7.13. The van der Waals surface area contributed by atoms with Gasteiger partial charge < -0.3 is 13.8 Å². The van der Waals surface area contributed by atoms with Crippen LogP contribution < -0.4 is 4.18 Å². The quantitative estimate of drug-likeness (QED) is 0.765. The predicted octanol–water partition coefficient (Wildman–Crippen LogP) is 2.37. The summed E-state index contributed by atoms with van der Waals surface area (Å²) in [5.41, 5.74) is 0.674. The van der Waals surface area contributed by atoms with Crippen LogP contribution >= 0.6 is 0 Å². The molecule has 6 nitrogen and oxygen atoms in total. The molecule has 132 valence electrons. The van der Waals surface area contributed by atoms with Crippen molar-refractivity contribution in [2.45, 2.75) is 17.9 Å². The summed E-state index contributed by atoms with van der Waals surface area (Å²) >= 11 is 0. The summed E-state index contributed by atoms with van der Waals surface area (Å²) in [5, 5.41) is 0. The van der Waals surface area contributed by atoms with Crippen molar-refractivity contribution in [1.29, 1.82) is 0 Å².